The molecule has 3 rings (SSSR count). The maximum absolute atomic E-state index is 12.5. The van der Waals surface area contributed by atoms with Gasteiger partial charge < -0.3 is 29.2 Å². The number of carbonyl (C=O) groups is 1. The fraction of sp³-hybridized carbons (Fsp3) is 0.381. The first-order chi connectivity index (χ1) is 14.1. The quantitative estimate of drug-likeness (QED) is 0.591. The SMILES string of the molecule is C[C@H](CCO)[C@H](OC(=O)Nc1ccc2c(c1)OCO2)c1ccc(OCCO)cc1. The summed E-state index contributed by atoms with van der Waals surface area (Å²) in [6.07, 6.45) is -0.688. The molecule has 0 unspecified atom stereocenters. The molecule has 2 atom stereocenters. The van der Waals surface area contributed by atoms with Crippen LogP contribution in [0.1, 0.15) is 25.0 Å². The van der Waals surface area contributed by atoms with Gasteiger partial charge in [-0.05, 0) is 42.2 Å². The van der Waals surface area contributed by atoms with E-state index < -0.39 is 12.2 Å². The number of hydrogen-bond acceptors (Lipinski definition) is 7. The van der Waals surface area contributed by atoms with Crippen molar-refractivity contribution >= 4 is 11.8 Å². The van der Waals surface area contributed by atoms with Crippen molar-refractivity contribution in [3.05, 3.63) is 48.0 Å². The topological polar surface area (TPSA) is 106 Å². The van der Waals surface area contributed by atoms with Crippen molar-refractivity contribution in [2.24, 2.45) is 5.92 Å². The number of hydrogen-bond donors (Lipinski definition) is 3. The van der Waals surface area contributed by atoms with Crippen LogP contribution in [-0.2, 0) is 4.74 Å². The Morgan fingerprint density at radius 2 is 1.86 bits per heavy atom. The van der Waals surface area contributed by atoms with E-state index in [0.717, 1.165) is 5.56 Å². The number of carbonyl (C=O) groups excluding carboxylic acids is 1. The lowest BCUT2D eigenvalue weighted by Crippen LogP contribution is -2.22. The minimum absolute atomic E-state index is 0.0114. The van der Waals surface area contributed by atoms with Crippen LogP contribution in [0.2, 0.25) is 0 Å². The van der Waals surface area contributed by atoms with Crippen molar-refractivity contribution in [3.8, 4) is 17.2 Å². The standard InChI is InChI=1S/C21H25NO7/c1-14(8-9-23)20(15-2-5-17(6-3-15)26-11-10-24)29-21(25)22-16-4-7-18-19(12-16)28-13-27-18/h2-7,12,14,20,23-24H,8-11,13H2,1H3,(H,22,25)/t14-,20+/m1/s1. The van der Waals surface area contributed by atoms with E-state index in [9.17, 15) is 9.90 Å². The van der Waals surface area contributed by atoms with Gasteiger partial charge in [-0.15, -0.1) is 0 Å². The lowest BCUT2D eigenvalue weighted by molar-refractivity contribution is 0.0667. The Hall–Kier alpha value is -2.97. The highest BCUT2D eigenvalue weighted by atomic mass is 16.7. The first kappa shape index (κ1) is 20.8. The van der Waals surface area contributed by atoms with Crippen molar-refractivity contribution in [2.45, 2.75) is 19.4 Å². The van der Waals surface area contributed by atoms with Gasteiger partial charge in [-0.1, -0.05) is 19.1 Å². The molecule has 1 amide bonds. The fourth-order valence-corrected chi connectivity index (χ4v) is 3.02. The van der Waals surface area contributed by atoms with Gasteiger partial charge >= 0.3 is 6.09 Å². The van der Waals surface area contributed by atoms with Gasteiger partial charge in [0.15, 0.2) is 11.5 Å². The van der Waals surface area contributed by atoms with Crippen LogP contribution in [0.3, 0.4) is 0 Å². The van der Waals surface area contributed by atoms with E-state index >= 15 is 0 Å². The maximum Gasteiger partial charge on any atom is 0.412 e. The van der Waals surface area contributed by atoms with E-state index in [4.69, 9.17) is 24.1 Å². The van der Waals surface area contributed by atoms with E-state index in [1.54, 1.807) is 42.5 Å². The third kappa shape index (κ3) is 5.52. The van der Waals surface area contributed by atoms with E-state index in [1.807, 2.05) is 6.92 Å². The summed E-state index contributed by atoms with van der Waals surface area (Å²) >= 11 is 0. The molecule has 8 heteroatoms. The average molecular weight is 403 g/mol. The Balaban J connectivity index is 1.68. The van der Waals surface area contributed by atoms with Gasteiger partial charge in [0.2, 0.25) is 6.79 Å². The molecule has 0 aliphatic carbocycles. The van der Waals surface area contributed by atoms with Crippen LogP contribution in [0.5, 0.6) is 17.2 Å². The summed E-state index contributed by atoms with van der Waals surface area (Å²) in [6.45, 7) is 2.19. The van der Waals surface area contributed by atoms with Crippen LogP contribution < -0.4 is 19.5 Å². The molecule has 3 N–H and O–H groups in total. The first-order valence-corrected chi connectivity index (χ1v) is 9.42. The van der Waals surface area contributed by atoms with E-state index in [2.05, 4.69) is 5.32 Å². The fourth-order valence-electron chi connectivity index (χ4n) is 3.02. The smallest absolute Gasteiger partial charge is 0.412 e. The molecule has 8 nitrogen and oxygen atoms in total. The van der Waals surface area contributed by atoms with Crippen molar-refractivity contribution in [2.75, 3.05) is 31.9 Å². The molecule has 156 valence electrons. The molecule has 0 aromatic heterocycles. The van der Waals surface area contributed by atoms with Crippen LogP contribution >= 0.6 is 0 Å². The minimum Gasteiger partial charge on any atom is -0.491 e. The number of aliphatic hydroxyl groups is 2. The molecule has 2 aromatic rings. The summed E-state index contributed by atoms with van der Waals surface area (Å²) in [5.41, 5.74) is 1.31. The van der Waals surface area contributed by atoms with Gasteiger partial charge in [-0.3, -0.25) is 5.32 Å². The number of aliphatic hydroxyl groups excluding tert-OH is 2. The molecule has 0 bridgehead atoms. The second-order valence-corrected chi connectivity index (χ2v) is 6.65. The Kier molecular flexibility index (Phi) is 7.15. The molecule has 29 heavy (non-hydrogen) atoms. The van der Waals surface area contributed by atoms with Crippen molar-refractivity contribution < 1.29 is 34.0 Å². The number of ether oxygens (including phenoxy) is 4. The molecule has 2 aromatic carbocycles. The van der Waals surface area contributed by atoms with Gasteiger partial charge in [0.1, 0.15) is 18.5 Å². The van der Waals surface area contributed by atoms with Crippen molar-refractivity contribution in [1.82, 2.24) is 0 Å². The van der Waals surface area contributed by atoms with E-state index in [0.29, 0.717) is 29.4 Å². The normalized spacial score (nSPS) is 14.2. The number of amides is 1. The molecule has 0 saturated heterocycles. The summed E-state index contributed by atoms with van der Waals surface area (Å²) in [4.78, 5) is 12.5. The molecule has 1 aliphatic heterocycles. The van der Waals surface area contributed by atoms with E-state index in [-0.39, 0.29) is 32.5 Å². The molecular weight excluding hydrogens is 378 g/mol. The first-order valence-electron chi connectivity index (χ1n) is 9.42. The lowest BCUT2D eigenvalue weighted by Gasteiger charge is -2.24. The zero-order chi connectivity index (χ0) is 20.6. The zero-order valence-corrected chi connectivity index (χ0v) is 16.2. The van der Waals surface area contributed by atoms with Gasteiger partial charge in [-0.2, -0.15) is 0 Å². The second kappa shape index (κ2) is 9.99. The minimum atomic E-state index is -0.612. The second-order valence-electron chi connectivity index (χ2n) is 6.65. The third-order valence-electron chi connectivity index (χ3n) is 4.52. The van der Waals surface area contributed by atoms with E-state index in [1.165, 1.54) is 0 Å². The van der Waals surface area contributed by atoms with Gasteiger partial charge in [-0.25, -0.2) is 4.79 Å². The molecule has 0 spiro atoms. The Bertz CT molecular complexity index is 809. The average Bonchev–Trinajstić information content (AvgIpc) is 3.19. The summed E-state index contributed by atoms with van der Waals surface area (Å²) < 4.78 is 21.6. The Morgan fingerprint density at radius 1 is 1.10 bits per heavy atom. The Labute approximate surface area is 169 Å². The maximum atomic E-state index is 12.5. The summed E-state index contributed by atoms with van der Waals surface area (Å²) in [6, 6.07) is 12.2. The van der Waals surface area contributed by atoms with Crippen LogP contribution in [0.15, 0.2) is 42.5 Å². The number of anilines is 1. The van der Waals surface area contributed by atoms with Crippen molar-refractivity contribution in [3.63, 3.8) is 0 Å². The van der Waals surface area contributed by atoms with Crippen LogP contribution in [-0.4, -0.2) is 42.9 Å². The number of benzene rings is 2. The Morgan fingerprint density at radius 3 is 2.59 bits per heavy atom. The molecule has 1 heterocycles. The summed E-state index contributed by atoms with van der Waals surface area (Å²) in [7, 11) is 0. The molecule has 0 fully saturated rings. The van der Waals surface area contributed by atoms with Gasteiger partial charge in [0.05, 0.1) is 6.61 Å². The van der Waals surface area contributed by atoms with Crippen LogP contribution in [0, 0.1) is 5.92 Å². The summed E-state index contributed by atoms with van der Waals surface area (Å²) in [5, 5.41) is 20.8. The zero-order valence-electron chi connectivity index (χ0n) is 16.2. The summed E-state index contributed by atoms with van der Waals surface area (Å²) in [5.74, 6) is 1.70. The van der Waals surface area contributed by atoms with Crippen LogP contribution in [0.25, 0.3) is 0 Å². The number of rotatable bonds is 9. The number of nitrogens with one attached hydrogen (secondary N) is 1. The van der Waals surface area contributed by atoms with Crippen molar-refractivity contribution in [1.29, 1.82) is 0 Å². The molecule has 0 radical (unpaired) electrons. The van der Waals surface area contributed by atoms with Gasteiger partial charge in [0, 0.05) is 18.4 Å². The number of fused-ring (bicyclic) bond motifs is 1. The lowest BCUT2D eigenvalue weighted by atomic mass is 9.94. The third-order valence-corrected chi connectivity index (χ3v) is 4.52. The highest BCUT2D eigenvalue weighted by molar-refractivity contribution is 5.85. The highest BCUT2D eigenvalue weighted by Gasteiger charge is 2.24. The van der Waals surface area contributed by atoms with Gasteiger partial charge in [0.25, 0.3) is 0 Å². The van der Waals surface area contributed by atoms with Crippen LogP contribution in [0.4, 0.5) is 10.5 Å². The largest absolute Gasteiger partial charge is 0.491 e. The predicted octanol–water partition coefficient (Wildman–Crippen LogP) is 3.09. The monoisotopic (exact) mass is 403 g/mol. The molecular formula is C21H25NO7. The predicted molar refractivity (Wildman–Crippen MR) is 105 cm³/mol. The molecule has 0 saturated carbocycles. The highest BCUT2D eigenvalue weighted by Crippen LogP contribution is 2.35. The molecule has 1 aliphatic rings.